The average Bonchev–Trinajstić information content (AvgIpc) is 2.88. The van der Waals surface area contributed by atoms with Crippen molar-refractivity contribution in [3.63, 3.8) is 0 Å². The molecule has 0 fully saturated rings. The zero-order chi connectivity index (χ0) is 16.1. The number of fused-ring (bicyclic) bond motifs is 1. The van der Waals surface area contributed by atoms with Crippen molar-refractivity contribution in [3.8, 4) is 5.75 Å². The van der Waals surface area contributed by atoms with Crippen molar-refractivity contribution >= 4 is 22.8 Å². The number of hydrogen-bond donors (Lipinski definition) is 0. The third-order valence-electron chi connectivity index (χ3n) is 3.44. The van der Waals surface area contributed by atoms with Crippen molar-refractivity contribution in [2.45, 2.75) is 20.3 Å². The first-order chi connectivity index (χ1) is 10.5. The van der Waals surface area contributed by atoms with E-state index < -0.39 is 5.97 Å². The predicted molar refractivity (Wildman–Crippen MR) is 78.3 cm³/mol. The van der Waals surface area contributed by atoms with E-state index in [4.69, 9.17) is 9.15 Å². The molecule has 0 saturated heterocycles. The zero-order valence-electron chi connectivity index (χ0n) is 12.6. The summed E-state index contributed by atoms with van der Waals surface area (Å²) in [6, 6.07) is 5.05. The lowest BCUT2D eigenvalue weighted by Gasteiger charge is -2.18. The summed E-state index contributed by atoms with van der Waals surface area (Å²) in [5.41, 5.74) is 1.07. The molecule has 6 heteroatoms. The van der Waals surface area contributed by atoms with Crippen LogP contribution in [0.2, 0.25) is 0 Å². The van der Waals surface area contributed by atoms with E-state index in [9.17, 15) is 14.7 Å². The molecule has 0 unspecified atom stereocenters. The van der Waals surface area contributed by atoms with Gasteiger partial charge >= 0.3 is 0 Å². The summed E-state index contributed by atoms with van der Waals surface area (Å²) in [6.07, 6.45) is 1.19. The average molecular weight is 304 g/mol. The molecule has 2 aromatic rings. The van der Waals surface area contributed by atoms with Crippen LogP contribution in [0.1, 0.15) is 19.4 Å². The topological polar surface area (TPSA) is 82.8 Å². The molecular formula is C16H18NO5-. The Kier molecular flexibility index (Phi) is 5.04. The number of furan rings is 1. The smallest absolute Gasteiger partial charge is 0.260 e. The first-order valence-corrected chi connectivity index (χ1v) is 7.15. The molecule has 1 aromatic carbocycles. The molecule has 0 N–H and O–H groups in total. The van der Waals surface area contributed by atoms with Crippen LogP contribution in [-0.4, -0.2) is 36.5 Å². The quantitative estimate of drug-likeness (QED) is 0.761. The molecule has 1 heterocycles. The highest BCUT2D eigenvalue weighted by molar-refractivity contribution is 5.86. The van der Waals surface area contributed by atoms with Crippen molar-refractivity contribution < 1.29 is 23.8 Å². The van der Waals surface area contributed by atoms with E-state index in [0.29, 0.717) is 35.4 Å². The van der Waals surface area contributed by atoms with Gasteiger partial charge in [-0.2, -0.15) is 0 Å². The Labute approximate surface area is 128 Å². The number of rotatable bonds is 7. The Balaban J connectivity index is 2.07. The van der Waals surface area contributed by atoms with Crippen molar-refractivity contribution in [3.05, 3.63) is 30.0 Å². The van der Waals surface area contributed by atoms with Gasteiger partial charge in [0.2, 0.25) is 0 Å². The van der Waals surface area contributed by atoms with Gasteiger partial charge in [-0.25, -0.2) is 0 Å². The van der Waals surface area contributed by atoms with E-state index in [-0.39, 0.29) is 18.9 Å². The summed E-state index contributed by atoms with van der Waals surface area (Å²) in [5.74, 6) is -0.739. The second kappa shape index (κ2) is 6.98. The van der Waals surface area contributed by atoms with Crippen LogP contribution < -0.4 is 9.84 Å². The highest BCUT2D eigenvalue weighted by Crippen LogP contribution is 2.26. The lowest BCUT2D eigenvalue weighted by molar-refractivity contribution is -0.304. The maximum absolute atomic E-state index is 11.9. The van der Waals surface area contributed by atoms with Gasteiger partial charge in [0.1, 0.15) is 11.3 Å². The summed E-state index contributed by atoms with van der Waals surface area (Å²) < 4.78 is 10.8. The van der Waals surface area contributed by atoms with Crippen LogP contribution in [0.15, 0.2) is 28.9 Å². The number of aliphatic carboxylic acids is 1. The Morgan fingerprint density at radius 1 is 1.27 bits per heavy atom. The number of ether oxygens (including phenoxy) is 1. The predicted octanol–water partition coefficient (Wildman–Crippen LogP) is 0.972. The number of nitrogens with zero attached hydrogens (tertiary/aromatic N) is 1. The van der Waals surface area contributed by atoms with Gasteiger partial charge in [0.15, 0.2) is 6.61 Å². The summed E-state index contributed by atoms with van der Waals surface area (Å²) in [5, 5.41) is 11.4. The van der Waals surface area contributed by atoms with Crippen LogP contribution in [0.4, 0.5) is 0 Å². The lowest BCUT2D eigenvalue weighted by atomic mass is 10.1. The molecular weight excluding hydrogens is 286 g/mol. The number of carboxylic acid groups (broad SMARTS) is 1. The van der Waals surface area contributed by atoms with Gasteiger partial charge < -0.3 is 24.0 Å². The van der Waals surface area contributed by atoms with Crippen molar-refractivity contribution in [2.24, 2.45) is 0 Å². The number of likely N-dealkylation sites (N-methyl/N-ethyl adjacent to an activating group) is 1. The first-order valence-electron chi connectivity index (χ1n) is 7.15. The Bertz CT molecular complexity index is 672. The number of carboxylic acids is 1. The lowest BCUT2D eigenvalue weighted by Crippen LogP contribution is -2.34. The van der Waals surface area contributed by atoms with Crippen molar-refractivity contribution in [2.75, 3.05) is 19.7 Å². The van der Waals surface area contributed by atoms with Crippen LogP contribution in [0, 0.1) is 0 Å². The summed E-state index contributed by atoms with van der Waals surface area (Å²) in [6.45, 7) is 5.06. The summed E-state index contributed by atoms with van der Waals surface area (Å²) >= 11 is 0. The summed E-state index contributed by atoms with van der Waals surface area (Å²) in [4.78, 5) is 24.2. The van der Waals surface area contributed by atoms with Crippen LogP contribution in [0.5, 0.6) is 5.75 Å². The van der Waals surface area contributed by atoms with Gasteiger partial charge in [-0.3, -0.25) is 4.79 Å². The van der Waals surface area contributed by atoms with Crippen LogP contribution in [0.3, 0.4) is 0 Å². The highest BCUT2D eigenvalue weighted by Gasteiger charge is 2.11. The third kappa shape index (κ3) is 3.58. The van der Waals surface area contributed by atoms with Crippen LogP contribution >= 0.6 is 0 Å². The molecule has 1 aromatic heterocycles. The minimum absolute atomic E-state index is 0.0419. The number of benzene rings is 1. The van der Waals surface area contributed by atoms with Gasteiger partial charge in [0.25, 0.3) is 5.91 Å². The molecule has 0 radical (unpaired) electrons. The van der Waals surface area contributed by atoms with Crippen LogP contribution in [0.25, 0.3) is 11.0 Å². The molecule has 0 aliphatic rings. The van der Waals surface area contributed by atoms with E-state index >= 15 is 0 Å². The molecule has 0 saturated carbocycles. The standard InChI is InChI=1S/C16H19NO5/c1-3-17(4-2)15(18)10-21-12-5-6-13-11(7-16(19)20)9-22-14(13)8-12/h5-6,8-9H,3-4,7,10H2,1-2H3,(H,19,20)/p-1. The molecule has 6 nitrogen and oxygen atoms in total. The number of hydrogen-bond acceptors (Lipinski definition) is 5. The second-order valence-corrected chi connectivity index (χ2v) is 4.82. The second-order valence-electron chi connectivity index (χ2n) is 4.82. The van der Waals surface area contributed by atoms with E-state index in [1.165, 1.54) is 6.26 Å². The molecule has 1 amide bonds. The van der Waals surface area contributed by atoms with Crippen molar-refractivity contribution in [1.82, 2.24) is 4.90 Å². The van der Waals surface area contributed by atoms with Gasteiger partial charge in [-0.1, -0.05) is 0 Å². The van der Waals surface area contributed by atoms with Gasteiger partial charge in [0.05, 0.1) is 6.26 Å². The fourth-order valence-corrected chi connectivity index (χ4v) is 2.26. The Morgan fingerprint density at radius 2 is 2.00 bits per heavy atom. The molecule has 0 atom stereocenters. The van der Waals surface area contributed by atoms with Gasteiger partial charge in [0, 0.05) is 42.5 Å². The van der Waals surface area contributed by atoms with Gasteiger partial charge in [-0.15, -0.1) is 0 Å². The molecule has 0 bridgehead atoms. The monoisotopic (exact) mass is 304 g/mol. The van der Waals surface area contributed by atoms with E-state index in [0.717, 1.165) is 0 Å². The minimum Gasteiger partial charge on any atom is -0.550 e. The molecule has 2 rings (SSSR count). The largest absolute Gasteiger partial charge is 0.550 e. The van der Waals surface area contributed by atoms with E-state index in [2.05, 4.69) is 0 Å². The number of amides is 1. The highest BCUT2D eigenvalue weighted by atomic mass is 16.5. The maximum atomic E-state index is 11.9. The van der Waals surface area contributed by atoms with E-state index in [1.807, 2.05) is 13.8 Å². The van der Waals surface area contributed by atoms with E-state index in [1.54, 1.807) is 23.1 Å². The Morgan fingerprint density at radius 3 is 2.64 bits per heavy atom. The fraction of sp³-hybridized carbons (Fsp3) is 0.375. The molecule has 22 heavy (non-hydrogen) atoms. The maximum Gasteiger partial charge on any atom is 0.260 e. The molecule has 118 valence electrons. The number of carbonyl (C=O) groups excluding carboxylic acids is 2. The van der Waals surface area contributed by atoms with Crippen LogP contribution in [-0.2, 0) is 16.0 Å². The summed E-state index contributed by atoms with van der Waals surface area (Å²) in [7, 11) is 0. The number of carbonyl (C=O) groups is 2. The molecule has 0 aliphatic heterocycles. The molecule has 0 spiro atoms. The fourth-order valence-electron chi connectivity index (χ4n) is 2.26. The van der Waals surface area contributed by atoms with Gasteiger partial charge in [-0.05, 0) is 26.0 Å². The molecule has 0 aliphatic carbocycles. The third-order valence-corrected chi connectivity index (χ3v) is 3.44. The van der Waals surface area contributed by atoms with Crippen molar-refractivity contribution in [1.29, 1.82) is 0 Å². The SMILES string of the molecule is CCN(CC)C(=O)COc1ccc2c(CC(=O)[O-])coc2c1. The Hall–Kier alpha value is -2.50. The zero-order valence-corrected chi connectivity index (χ0v) is 12.6. The normalized spacial score (nSPS) is 10.6. The minimum atomic E-state index is -1.16. The first kappa shape index (κ1) is 15.9.